The van der Waals surface area contributed by atoms with E-state index in [-0.39, 0.29) is 5.91 Å². The zero-order valence-electron chi connectivity index (χ0n) is 14.0. The lowest BCUT2D eigenvalue weighted by molar-refractivity contribution is -0.120. The summed E-state index contributed by atoms with van der Waals surface area (Å²) in [5, 5.41) is 3.11. The standard InChI is InChI=1S/C18H28N2O2/c1-14(2)17(20-10-4-5-11-20)13-19-18(21)12-15-6-8-16(22-3)9-7-15/h6-9,14,17H,4-5,10-13H2,1-3H3,(H,19,21). The summed E-state index contributed by atoms with van der Waals surface area (Å²) >= 11 is 0. The highest BCUT2D eigenvalue weighted by Gasteiger charge is 2.24. The second-order valence-corrected chi connectivity index (χ2v) is 6.38. The van der Waals surface area contributed by atoms with E-state index in [1.165, 1.54) is 12.8 Å². The quantitative estimate of drug-likeness (QED) is 0.841. The molecule has 1 unspecified atom stereocenters. The second kappa shape index (κ2) is 8.18. The van der Waals surface area contributed by atoms with Gasteiger partial charge in [-0.3, -0.25) is 9.69 Å². The number of carbonyl (C=O) groups excluding carboxylic acids is 1. The molecule has 1 amide bonds. The Kier molecular flexibility index (Phi) is 6.25. The molecule has 122 valence electrons. The fourth-order valence-corrected chi connectivity index (χ4v) is 3.07. The predicted octanol–water partition coefficient (Wildman–Crippen LogP) is 2.47. The molecule has 1 aliphatic heterocycles. The fourth-order valence-electron chi connectivity index (χ4n) is 3.07. The van der Waals surface area contributed by atoms with E-state index in [1.807, 2.05) is 24.3 Å². The Balaban J connectivity index is 1.82. The van der Waals surface area contributed by atoms with Crippen LogP contribution in [0.3, 0.4) is 0 Å². The Bertz CT molecular complexity index is 464. The van der Waals surface area contributed by atoms with Crippen LogP contribution in [-0.2, 0) is 11.2 Å². The average Bonchev–Trinajstić information content (AvgIpc) is 3.02. The minimum atomic E-state index is 0.0926. The van der Waals surface area contributed by atoms with Gasteiger partial charge < -0.3 is 10.1 Å². The van der Waals surface area contributed by atoms with Crippen molar-refractivity contribution in [3.05, 3.63) is 29.8 Å². The molecule has 4 heteroatoms. The van der Waals surface area contributed by atoms with Crippen LogP contribution in [0.4, 0.5) is 0 Å². The van der Waals surface area contributed by atoms with Crippen molar-refractivity contribution in [2.45, 2.75) is 39.2 Å². The monoisotopic (exact) mass is 304 g/mol. The van der Waals surface area contributed by atoms with Crippen molar-refractivity contribution in [2.24, 2.45) is 5.92 Å². The second-order valence-electron chi connectivity index (χ2n) is 6.38. The Hall–Kier alpha value is -1.55. The maximum Gasteiger partial charge on any atom is 0.224 e. The van der Waals surface area contributed by atoms with Crippen molar-refractivity contribution in [1.29, 1.82) is 0 Å². The van der Waals surface area contributed by atoms with Crippen molar-refractivity contribution >= 4 is 5.91 Å². The van der Waals surface area contributed by atoms with Gasteiger partial charge >= 0.3 is 0 Å². The van der Waals surface area contributed by atoms with E-state index >= 15 is 0 Å². The highest BCUT2D eigenvalue weighted by atomic mass is 16.5. The van der Waals surface area contributed by atoms with Crippen LogP contribution < -0.4 is 10.1 Å². The summed E-state index contributed by atoms with van der Waals surface area (Å²) in [6.45, 7) is 7.54. The van der Waals surface area contributed by atoms with Crippen LogP contribution in [0.15, 0.2) is 24.3 Å². The van der Waals surface area contributed by atoms with E-state index in [1.54, 1.807) is 7.11 Å². The third-order valence-corrected chi connectivity index (χ3v) is 4.41. The molecule has 0 radical (unpaired) electrons. The number of nitrogens with one attached hydrogen (secondary N) is 1. The van der Waals surface area contributed by atoms with Gasteiger partial charge in [0.05, 0.1) is 13.5 Å². The van der Waals surface area contributed by atoms with E-state index in [0.29, 0.717) is 18.4 Å². The van der Waals surface area contributed by atoms with E-state index < -0.39 is 0 Å². The molecule has 1 N–H and O–H groups in total. The summed E-state index contributed by atoms with van der Waals surface area (Å²) in [5.41, 5.74) is 1.01. The predicted molar refractivity (Wildman–Crippen MR) is 89.1 cm³/mol. The Morgan fingerprint density at radius 2 is 1.86 bits per heavy atom. The molecule has 1 atom stereocenters. The molecule has 0 bridgehead atoms. The van der Waals surface area contributed by atoms with Gasteiger partial charge in [0, 0.05) is 12.6 Å². The molecule has 1 aromatic carbocycles. The summed E-state index contributed by atoms with van der Waals surface area (Å²) in [5.74, 6) is 1.47. The SMILES string of the molecule is COc1ccc(CC(=O)NCC(C(C)C)N2CCCC2)cc1. The van der Waals surface area contributed by atoms with Crippen LogP contribution in [0.5, 0.6) is 5.75 Å². The minimum Gasteiger partial charge on any atom is -0.497 e. The number of benzene rings is 1. The van der Waals surface area contributed by atoms with Crippen LogP contribution in [0.1, 0.15) is 32.3 Å². The van der Waals surface area contributed by atoms with Gasteiger partial charge in [-0.25, -0.2) is 0 Å². The number of hydrogen-bond donors (Lipinski definition) is 1. The molecule has 1 saturated heterocycles. The zero-order valence-corrected chi connectivity index (χ0v) is 14.0. The van der Waals surface area contributed by atoms with E-state index in [4.69, 9.17) is 4.74 Å². The molecule has 1 aromatic rings. The van der Waals surface area contributed by atoms with Crippen molar-refractivity contribution in [3.63, 3.8) is 0 Å². The van der Waals surface area contributed by atoms with Gasteiger partial charge in [0.1, 0.15) is 5.75 Å². The summed E-state index contributed by atoms with van der Waals surface area (Å²) in [7, 11) is 1.64. The molecular weight excluding hydrogens is 276 g/mol. The molecule has 4 nitrogen and oxygen atoms in total. The lowest BCUT2D eigenvalue weighted by Crippen LogP contribution is -2.45. The van der Waals surface area contributed by atoms with Gasteiger partial charge in [-0.15, -0.1) is 0 Å². The Labute approximate surface area is 133 Å². The molecule has 1 heterocycles. The van der Waals surface area contributed by atoms with E-state index in [0.717, 1.165) is 30.9 Å². The summed E-state index contributed by atoms with van der Waals surface area (Å²) < 4.78 is 5.13. The van der Waals surface area contributed by atoms with Gasteiger partial charge in [-0.2, -0.15) is 0 Å². The number of amides is 1. The van der Waals surface area contributed by atoms with Crippen LogP contribution in [0.25, 0.3) is 0 Å². The lowest BCUT2D eigenvalue weighted by atomic mass is 10.0. The molecule has 0 saturated carbocycles. The number of carbonyl (C=O) groups is 1. The third kappa shape index (κ3) is 4.73. The van der Waals surface area contributed by atoms with Crippen LogP contribution in [-0.4, -0.2) is 43.6 Å². The molecule has 0 spiro atoms. The van der Waals surface area contributed by atoms with Crippen molar-refractivity contribution in [2.75, 3.05) is 26.7 Å². The van der Waals surface area contributed by atoms with Crippen molar-refractivity contribution in [3.8, 4) is 5.75 Å². The number of ether oxygens (including phenoxy) is 1. The Morgan fingerprint density at radius 1 is 1.23 bits per heavy atom. The number of likely N-dealkylation sites (tertiary alicyclic amines) is 1. The Morgan fingerprint density at radius 3 is 2.41 bits per heavy atom. The van der Waals surface area contributed by atoms with Gasteiger partial charge in [0.25, 0.3) is 0 Å². The largest absolute Gasteiger partial charge is 0.497 e. The smallest absolute Gasteiger partial charge is 0.224 e. The lowest BCUT2D eigenvalue weighted by Gasteiger charge is -2.31. The maximum absolute atomic E-state index is 12.1. The third-order valence-electron chi connectivity index (χ3n) is 4.41. The summed E-state index contributed by atoms with van der Waals surface area (Å²) in [4.78, 5) is 14.7. The molecule has 1 fully saturated rings. The van der Waals surface area contributed by atoms with Crippen molar-refractivity contribution in [1.82, 2.24) is 10.2 Å². The first-order valence-electron chi connectivity index (χ1n) is 8.24. The van der Waals surface area contributed by atoms with Gasteiger partial charge in [-0.05, 0) is 49.5 Å². The number of rotatable bonds is 7. The highest BCUT2D eigenvalue weighted by Crippen LogP contribution is 2.17. The van der Waals surface area contributed by atoms with Gasteiger partial charge in [0.2, 0.25) is 5.91 Å². The zero-order chi connectivity index (χ0) is 15.9. The average molecular weight is 304 g/mol. The molecule has 0 aromatic heterocycles. The topological polar surface area (TPSA) is 41.6 Å². The molecule has 2 rings (SSSR count). The van der Waals surface area contributed by atoms with Crippen molar-refractivity contribution < 1.29 is 9.53 Å². The molecule has 1 aliphatic rings. The minimum absolute atomic E-state index is 0.0926. The first-order chi connectivity index (χ1) is 10.6. The number of methoxy groups -OCH3 is 1. The normalized spacial score (nSPS) is 16.7. The van der Waals surface area contributed by atoms with Crippen LogP contribution in [0, 0.1) is 5.92 Å². The van der Waals surface area contributed by atoms with Crippen LogP contribution >= 0.6 is 0 Å². The summed E-state index contributed by atoms with van der Waals surface area (Å²) in [6.07, 6.45) is 2.99. The first-order valence-corrected chi connectivity index (χ1v) is 8.24. The first kappa shape index (κ1) is 16.8. The fraction of sp³-hybridized carbons (Fsp3) is 0.611. The number of nitrogens with zero attached hydrogens (tertiary/aromatic N) is 1. The van der Waals surface area contributed by atoms with Gasteiger partial charge in [-0.1, -0.05) is 26.0 Å². The molecular formula is C18H28N2O2. The molecule has 22 heavy (non-hydrogen) atoms. The number of hydrogen-bond acceptors (Lipinski definition) is 3. The summed E-state index contributed by atoms with van der Waals surface area (Å²) in [6, 6.07) is 8.12. The highest BCUT2D eigenvalue weighted by molar-refractivity contribution is 5.78. The van der Waals surface area contributed by atoms with Crippen LogP contribution in [0.2, 0.25) is 0 Å². The van der Waals surface area contributed by atoms with E-state index in [2.05, 4.69) is 24.1 Å². The maximum atomic E-state index is 12.1. The molecule has 0 aliphatic carbocycles. The van der Waals surface area contributed by atoms with E-state index in [9.17, 15) is 4.79 Å². The van der Waals surface area contributed by atoms with Gasteiger partial charge in [0.15, 0.2) is 0 Å².